The maximum atomic E-state index is 11.2. The Labute approximate surface area is 99.9 Å². The van der Waals surface area contributed by atoms with E-state index in [1.54, 1.807) is 11.3 Å². The summed E-state index contributed by atoms with van der Waals surface area (Å²) in [6.45, 7) is 3.61. The van der Waals surface area contributed by atoms with Crippen molar-refractivity contribution in [1.82, 2.24) is 15.6 Å². The monoisotopic (exact) mass is 242 g/mol. The van der Waals surface area contributed by atoms with E-state index >= 15 is 0 Å². The molecule has 5 nitrogen and oxygen atoms in total. The van der Waals surface area contributed by atoms with Gasteiger partial charge in [0.25, 0.3) is 0 Å². The Morgan fingerprint density at radius 1 is 1.56 bits per heavy atom. The zero-order valence-corrected chi connectivity index (χ0v) is 10.7. The van der Waals surface area contributed by atoms with E-state index in [9.17, 15) is 4.79 Å². The summed E-state index contributed by atoms with van der Waals surface area (Å²) >= 11 is 1.63. The van der Waals surface area contributed by atoms with Crippen molar-refractivity contribution < 1.29 is 4.79 Å². The summed E-state index contributed by atoms with van der Waals surface area (Å²) in [5.41, 5.74) is 0. The fraction of sp³-hybridized carbons (Fsp3) is 0.600. The number of aromatic nitrogens is 1. The van der Waals surface area contributed by atoms with Gasteiger partial charge >= 0.3 is 0 Å². The largest absolute Gasteiger partial charge is 0.355 e. The highest BCUT2D eigenvalue weighted by atomic mass is 32.1. The molecule has 2 N–H and O–H groups in total. The fourth-order valence-corrected chi connectivity index (χ4v) is 1.95. The number of hydrogen-bond acceptors (Lipinski definition) is 5. The molecule has 1 aromatic heterocycles. The predicted octanol–water partition coefficient (Wildman–Crippen LogP) is 0.435. The molecule has 1 rings (SSSR count). The number of carbonyl (C=O) groups excluding carboxylic acids is 1. The van der Waals surface area contributed by atoms with Gasteiger partial charge in [0.2, 0.25) is 5.91 Å². The molecule has 0 atom stereocenters. The average molecular weight is 242 g/mol. The zero-order chi connectivity index (χ0) is 12.0. The lowest BCUT2D eigenvalue weighted by molar-refractivity contribution is -0.120. The topological polar surface area (TPSA) is 57.3 Å². The van der Waals surface area contributed by atoms with Crippen molar-refractivity contribution in [3.8, 4) is 0 Å². The van der Waals surface area contributed by atoms with Crippen molar-refractivity contribution in [1.29, 1.82) is 0 Å². The first-order valence-electron chi connectivity index (χ1n) is 5.23. The normalized spacial score (nSPS) is 10.2. The van der Waals surface area contributed by atoms with Crippen LogP contribution in [0, 0.1) is 0 Å². The standard InChI is InChI=1S/C10H18N4OS/c1-4-12-9(15)7-11-5-8-6-13-10(16-8)14(2)3/h6,11H,4-5,7H2,1-3H3,(H,12,15). The molecule has 0 saturated carbocycles. The third kappa shape index (κ3) is 4.16. The molecule has 0 aliphatic rings. The molecule has 0 aliphatic heterocycles. The molecule has 0 bridgehead atoms. The minimum absolute atomic E-state index is 0.0276. The highest BCUT2D eigenvalue weighted by Gasteiger charge is 2.04. The molecule has 0 unspecified atom stereocenters. The Morgan fingerprint density at radius 2 is 2.31 bits per heavy atom. The summed E-state index contributed by atoms with van der Waals surface area (Å²) in [7, 11) is 3.93. The molecule has 1 amide bonds. The molecule has 0 aliphatic carbocycles. The van der Waals surface area contributed by atoms with E-state index in [0.717, 1.165) is 10.0 Å². The molecule has 0 fully saturated rings. The van der Waals surface area contributed by atoms with Crippen molar-refractivity contribution in [2.24, 2.45) is 0 Å². The molecular weight excluding hydrogens is 224 g/mol. The van der Waals surface area contributed by atoms with E-state index in [4.69, 9.17) is 0 Å². The lowest BCUT2D eigenvalue weighted by atomic mass is 10.5. The highest BCUT2D eigenvalue weighted by molar-refractivity contribution is 7.15. The Morgan fingerprint density at radius 3 is 2.88 bits per heavy atom. The summed E-state index contributed by atoms with van der Waals surface area (Å²) in [6, 6.07) is 0. The molecule has 16 heavy (non-hydrogen) atoms. The zero-order valence-electron chi connectivity index (χ0n) is 9.91. The van der Waals surface area contributed by atoms with Crippen molar-refractivity contribution in [2.45, 2.75) is 13.5 Å². The van der Waals surface area contributed by atoms with E-state index in [1.165, 1.54) is 0 Å². The molecule has 0 aromatic carbocycles. The molecule has 1 aromatic rings. The molecule has 0 saturated heterocycles. The van der Waals surface area contributed by atoms with E-state index < -0.39 is 0 Å². The van der Waals surface area contributed by atoms with Crippen LogP contribution in [0.15, 0.2) is 6.20 Å². The smallest absolute Gasteiger partial charge is 0.233 e. The van der Waals surface area contributed by atoms with Gasteiger partial charge in [-0.3, -0.25) is 4.79 Å². The Balaban J connectivity index is 2.29. The van der Waals surface area contributed by atoms with Gasteiger partial charge < -0.3 is 15.5 Å². The van der Waals surface area contributed by atoms with Crippen molar-refractivity contribution in [3.05, 3.63) is 11.1 Å². The van der Waals surface area contributed by atoms with Gasteiger partial charge in [0.1, 0.15) is 0 Å². The van der Waals surface area contributed by atoms with E-state index in [1.807, 2.05) is 32.1 Å². The minimum atomic E-state index is 0.0276. The van der Waals surface area contributed by atoms with Crippen molar-refractivity contribution in [2.75, 3.05) is 32.1 Å². The average Bonchev–Trinajstić information content (AvgIpc) is 2.67. The van der Waals surface area contributed by atoms with Crippen LogP contribution < -0.4 is 15.5 Å². The van der Waals surface area contributed by atoms with Crippen LogP contribution in [0.3, 0.4) is 0 Å². The number of likely N-dealkylation sites (N-methyl/N-ethyl adjacent to an activating group) is 1. The highest BCUT2D eigenvalue weighted by Crippen LogP contribution is 2.19. The third-order valence-corrected chi connectivity index (χ3v) is 3.05. The van der Waals surface area contributed by atoms with Crippen LogP contribution in [0.2, 0.25) is 0 Å². The molecule has 90 valence electrons. The van der Waals surface area contributed by atoms with Crippen molar-refractivity contribution in [3.63, 3.8) is 0 Å². The van der Waals surface area contributed by atoms with Crippen LogP contribution >= 0.6 is 11.3 Å². The predicted molar refractivity (Wildman–Crippen MR) is 66.8 cm³/mol. The van der Waals surface area contributed by atoms with E-state index in [2.05, 4.69) is 15.6 Å². The SMILES string of the molecule is CCNC(=O)CNCc1cnc(N(C)C)s1. The molecule has 0 spiro atoms. The second-order valence-electron chi connectivity index (χ2n) is 3.56. The van der Waals surface area contributed by atoms with Crippen LogP contribution in [-0.4, -0.2) is 38.1 Å². The second kappa shape index (κ2) is 6.44. The number of rotatable bonds is 6. The van der Waals surface area contributed by atoms with Crippen LogP contribution in [-0.2, 0) is 11.3 Å². The number of amides is 1. The number of thiazole rings is 1. The number of carbonyl (C=O) groups is 1. The van der Waals surface area contributed by atoms with Gasteiger partial charge in [0.15, 0.2) is 5.13 Å². The summed E-state index contributed by atoms with van der Waals surface area (Å²) in [6.07, 6.45) is 1.84. The molecule has 1 heterocycles. The maximum absolute atomic E-state index is 11.2. The van der Waals surface area contributed by atoms with Gasteiger partial charge in [0, 0.05) is 38.3 Å². The molecule has 0 radical (unpaired) electrons. The minimum Gasteiger partial charge on any atom is -0.355 e. The van der Waals surface area contributed by atoms with Crippen LogP contribution in [0.1, 0.15) is 11.8 Å². The van der Waals surface area contributed by atoms with Crippen LogP contribution in [0.5, 0.6) is 0 Å². The van der Waals surface area contributed by atoms with Crippen LogP contribution in [0.4, 0.5) is 5.13 Å². The number of anilines is 1. The van der Waals surface area contributed by atoms with Crippen LogP contribution in [0.25, 0.3) is 0 Å². The van der Waals surface area contributed by atoms with Gasteiger partial charge in [0.05, 0.1) is 6.54 Å². The van der Waals surface area contributed by atoms with Gasteiger partial charge in [-0.1, -0.05) is 0 Å². The summed E-state index contributed by atoms with van der Waals surface area (Å²) in [5.74, 6) is 0.0276. The number of nitrogens with zero attached hydrogens (tertiary/aromatic N) is 2. The van der Waals surface area contributed by atoms with Gasteiger partial charge in [-0.2, -0.15) is 0 Å². The second-order valence-corrected chi connectivity index (χ2v) is 4.65. The van der Waals surface area contributed by atoms with Gasteiger partial charge in [-0.15, -0.1) is 11.3 Å². The lowest BCUT2D eigenvalue weighted by Crippen LogP contribution is -2.33. The van der Waals surface area contributed by atoms with E-state index in [-0.39, 0.29) is 5.91 Å². The quantitative estimate of drug-likeness (QED) is 0.760. The first-order valence-corrected chi connectivity index (χ1v) is 6.04. The summed E-state index contributed by atoms with van der Waals surface area (Å²) < 4.78 is 0. The fourth-order valence-electron chi connectivity index (χ4n) is 1.14. The van der Waals surface area contributed by atoms with Crippen molar-refractivity contribution >= 4 is 22.4 Å². The Hall–Kier alpha value is -1.14. The molecule has 6 heteroatoms. The Bertz CT molecular complexity index is 337. The molecular formula is C10H18N4OS. The summed E-state index contributed by atoms with van der Waals surface area (Å²) in [5, 5.41) is 6.79. The summed E-state index contributed by atoms with van der Waals surface area (Å²) in [4.78, 5) is 18.5. The first-order chi connectivity index (χ1) is 7.63. The first kappa shape index (κ1) is 12.9. The third-order valence-electron chi connectivity index (χ3n) is 1.88. The number of hydrogen-bond donors (Lipinski definition) is 2. The van der Waals surface area contributed by atoms with Gasteiger partial charge in [-0.25, -0.2) is 4.98 Å². The van der Waals surface area contributed by atoms with Gasteiger partial charge in [-0.05, 0) is 6.92 Å². The maximum Gasteiger partial charge on any atom is 0.233 e. The Kier molecular flexibility index (Phi) is 5.21. The lowest BCUT2D eigenvalue weighted by Gasteiger charge is -2.05. The number of nitrogens with one attached hydrogen (secondary N) is 2. The van der Waals surface area contributed by atoms with E-state index in [0.29, 0.717) is 19.6 Å².